The molecule has 0 unspecified atom stereocenters. The Morgan fingerprint density at radius 2 is 2.06 bits per heavy atom. The molecular formula is C14H15NOS. The predicted molar refractivity (Wildman–Crippen MR) is 69.2 cm³/mol. The Balaban J connectivity index is 1.69. The van der Waals surface area contributed by atoms with Crippen LogP contribution < -0.4 is 0 Å². The standard InChI is InChI=1S/C14H15NOS/c1-10-13(12-7-8-12)15-16-14(10)17-9-11-5-3-2-4-6-11/h2-6,12H,7-9H2,1H3. The van der Waals surface area contributed by atoms with Gasteiger partial charge in [-0.25, -0.2) is 0 Å². The second-order valence-electron chi connectivity index (χ2n) is 4.53. The molecule has 88 valence electrons. The van der Waals surface area contributed by atoms with Gasteiger partial charge in [-0.3, -0.25) is 0 Å². The van der Waals surface area contributed by atoms with Crippen molar-refractivity contribution < 1.29 is 4.52 Å². The molecule has 0 radical (unpaired) electrons. The molecule has 1 aromatic heterocycles. The highest BCUT2D eigenvalue weighted by atomic mass is 32.2. The maximum absolute atomic E-state index is 5.43. The van der Waals surface area contributed by atoms with Crippen LogP contribution in [0.15, 0.2) is 39.9 Å². The van der Waals surface area contributed by atoms with Crippen LogP contribution in [0.3, 0.4) is 0 Å². The Hall–Kier alpha value is -1.22. The van der Waals surface area contributed by atoms with Crippen molar-refractivity contribution in [2.45, 2.75) is 36.5 Å². The highest BCUT2D eigenvalue weighted by Gasteiger charge is 2.29. The first-order valence-electron chi connectivity index (χ1n) is 5.97. The minimum absolute atomic E-state index is 0.671. The number of aromatic nitrogens is 1. The Kier molecular flexibility index (Phi) is 2.93. The summed E-state index contributed by atoms with van der Waals surface area (Å²) >= 11 is 1.74. The third-order valence-corrected chi connectivity index (χ3v) is 4.21. The van der Waals surface area contributed by atoms with Crippen molar-refractivity contribution in [3.63, 3.8) is 0 Å². The fraction of sp³-hybridized carbons (Fsp3) is 0.357. The highest BCUT2D eigenvalue weighted by molar-refractivity contribution is 7.98. The van der Waals surface area contributed by atoms with Gasteiger partial charge in [0.25, 0.3) is 0 Å². The molecule has 0 spiro atoms. The molecule has 1 aliphatic carbocycles. The fourth-order valence-corrected chi connectivity index (χ4v) is 2.83. The van der Waals surface area contributed by atoms with E-state index in [9.17, 15) is 0 Å². The van der Waals surface area contributed by atoms with Gasteiger partial charge >= 0.3 is 0 Å². The van der Waals surface area contributed by atoms with Gasteiger partial charge in [0.05, 0.1) is 5.69 Å². The number of thioether (sulfide) groups is 1. The zero-order valence-electron chi connectivity index (χ0n) is 9.85. The van der Waals surface area contributed by atoms with E-state index in [1.807, 2.05) is 6.07 Å². The summed E-state index contributed by atoms with van der Waals surface area (Å²) in [5.74, 6) is 1.62. The maximum atomic E-state index is 5.43. The van der Waals surface area contributed by atoms with Crippen LogP contribution in [0.1, 0.15) is 35.6 Å². The fourth-order valence-electron chi connectivity index (χ4n) is 1.93. The van der Waals surface area contributed by atoms with Gasteiger partial charge in [0.2, 0.25) is 0 Å². The van der Waals surface area contributed by atoms with Gasteiger partial charge < -0.3 is 4.52 Å². The molecular weight excluding hydrogens is 230 g/mol. The molecule has 0 amide bonds. The molecule has 1 aliphatic rings. The van der Waals surface area contributed by atoms with Crippen molar-refractivity contribution in [2.24, 2.45) is 0 Å². The molecule has 1 heterocycles. The SMILES string of the molecule is Cc1c(C2CC2)noc1SCc1ccccc1. The third-order valence-electron chi connectivity index (χ3n) is 3.09. The van der Waals surface area contributed by atoms with Crippen molar-refractivity contribution in [2.75, 3.05) is 0 Å². The minimum Gasteiger partial charge on any atom is -0.349 e. The summed E-state index contributed by atoms with van der Waals surface area (Å²) in [6.45, 7) is 2.12. The summed E-state index contributed by atoms with van der Waals surface area (Å²) in [6.07, 6.45) is 2.55. The molecule has 3 rings (SSSR count). The smallest absolute Gasteiger partial charge is 0.196 e. The molecule has 3 heteroatoms. The van der Waals surface area contributed by atoms with Gasteiger partial charge in [-0.2, -0.15) is 0 Å². The summed E-state index contributed by atoms with van der Waals surface area (Å²) < 4.78 is 5.43. The van der Waals surface area contributed by atoms with E-state index >= 15 is 0 Å². The van der Waals surface area contributed by atoms with Crippen molar-refractivity contribution in [1.29, 1.82) is 0 Å². The van der Waals surface area contributed by atoms with Crippen LogP contribution in [0, 0.1) is 6.92 Å². The van der Waals surface area contributed by atoms with Crippen LogP contribution in [0.4, 0.5) is 0 Å². The molecule has 0 saturated heterocycles. The predicted octanol–water partition coefficient (Wildman–Crippen LogP) is 4.15. The molecule has 1 saturated carbocycles. The van der Waals surface area contributed by atoms with Gasteiger partial charge in [0.15, 0.2) is 5.09 Å². The zero-order chi connectivity index (χ0) is 11.7. The molecule has 17 heavy (non-hydrogen) atoms. The molecule has 2 aromatic rings. The average Bonchev–Trinajstić information content (AvgIpc) is 3.13. The Labute approximate surface area is 105 Å². The minimum atomic E-state index is 0.671. The van der Waals surface area contributed by atoms with E-state index in [4.69, 9.17) is 4.52 Å². The quantitative estimate of drug-likeness (QED) is 0.757. The van der Waals surface area contributed by atoms with Crippen LogP contribution >= 0.6 is 11.8 Å². The first kappa shape index (κ1) is 10.9. The molecule has 1 fully saturated rings. The summed E-state index contributed by atoms with van der Waals surface area (Å²) in [5, 5.41) is 5.18. The largest absolute Gasteiger partial charge is 0.349 e. The number of nitrogens with zero attached hydrogens (tertiary/aromatic N) is 1. The molecule has 0 N–H and O–H groups in total. The Morgan fingerprint density at radius 3 is 2.76 bits per heavy atom. The van der Waals surface area contributed by atoms with E-state index in [0.717, 1.165) is 10.8 Å². The average molecular weight is 245 g/mol. The lowest BCUT2D eigenvalue weighted by Gasteiger charge is -1.99. The van der Waals surface area contributed by atoms with E-state index < -0.39 is 0 Å². The van der Waals surface area contributed by atoms with E-state index in [2.05, 4.69) is 36.3 Å². The number of rotatable bonds is 4. The summed E-state index contributed by atoms with van der Waals surface area (Å²) in [7, 11) is 0. The van der Waals surface area contributed by atoms with E-state index in [1.165, 1.54) is 29.7 Å². The Morgan fingerprint density at radius 1 is 1.29 bits per heavy atom. The van der Waals surface area contributed by atoms with Crippen molar-refractivity contribution in [3.05, 3.63) is 47.2 Å². The second kappa shape index (κ2) is 4.57. The second-order valence-corrected chi connectivity index (χ2v) is 5.48. The number of hydrogen-bond acceptors (Lipinski definition) is 3. The van der Waals surface area contributed by atoms with Crippen LogP contribution in [0.25, 0.3) is 0 Å². The van der Waals surface area contributed by atoms with Gasteiger partial charge in [-0.15, -0.1) is 0 Å². The lowest BCUT2D eigenvalue weighted by atomic mass is 10.2. The normalized spacial score (nSPS) is 15.1. The van der Waals surface area contributed by atoms with E-state index in [1.54, 1.807) is 11.8 Å². The van der Waals surface area contributed by atoms with Gasteiger partial charge in [-0.1, -0.05) is 47.3 Å². The lowest BCUT2D eigenvalue weighted by molar-refractivity contribution is 0.343. The summed E-state index contributed by atoms with van der Waals surface area (Å²) in [6, 6.07) is 10.5. The van der Waals surface area contributed by atoms with Gasteiger partial charge in [0, 0.05) is 17.2 Å². The van der Waals surface area contributed by atoms with Crippen LogP contribution in [0.5, 0.6) is 0 Å². The number of hydrogen-bond donors (Lipinski definition) is 0. The van der Waals surface area contributed by atoms with Crippen molar-refractivity contribution in [1.82, 2.24) is 5.16 Å². The first-order chi connectivity index (χ1) is 8.34. The molecule has 0 bridgehead atoms. The Bertz CT molecular complexity index is 502. The molecule has 2 nitrogen and oxygen atoms in total. The van der Waals surface area contributed by atoms with Crippen LogP contribution in [-0.2, 0) is 5.75 Å². The van der Waals surface area contributed by atoms with Crippen molar-refractivity contribution in [3.8, 4) is 0 Å². The summed E-state index contributed by atoms with van der Waals surface area (Å²) in [5.41, 5.74) is 3.75. The topological polar surface area (TPSA) is 26.0 Å². The van der Waals surface area contributed by atoms with E-state index in [-0.39, 0.29) is 0 Å². The summed E-state index contributed by atoms with van der Waals surface area (Å²) in [4.78, 5) is 0. The lowest BCUT2D eigenvalue weighted by Crippen LogP contribution is -1.83. The third kappa shape index (κ3) is 2.39. The highest BCUT2D eigenvalue weighted by Crippen LogP contribution is 2.43. The van der Waals surface area contributed by atoms with E-state index in [0.29, 0.717) is 5.92 Å². The maximum Gasteiger partial charge on any atom is 0.196 e. The first-order valence-corrected chi connectivity index (χ1v) is 6.96. The van der Waals surface area contributed by atoms with Crippen LogP contribution in [0.2, 0.25) is 0 Å². The molecule has 0 atom stereocenters. The number of benzene rings is 1. The monoisotopic (exact) mass is 245 g/mol. The van der Waals surface area contributed by atoms with Crippen molar-refractivity contribution >= 4 is 11.8 Å². The molecule has 0 aliphatic heterocycles. The zero-order valence-corrected chi connectivity index (χ0v) is 10.7. The molecule has 1 aromatic carbocycles. The van der Waals surface area contributed by atoms with Gasteiger partial charge in [-0.05, 0) is 25.3 Å². The van der Waals surface area contributed by atoms with Gasteiger partial charge in [0.1, 0.15) is 0 Å². The van der Waals surface area contributed by atoms with Crippen LogP contribution in [-0.4, -0.2) is 5.16 Å².